The molecule has 2 heterocycles. The van der Waals surface area contributed by atoms with Gasteiger partial charge in [-0.3, -0.25) is 4.98 Å². The number of nitrogens with two attached hydrogens (primary N) is 1. The monoisotopic (exact) mass is 259 g/mol. The maximum absolute atomic E-state index is 5.64. The van der Waals surface area contributed by atoms with Crippen LogP contribution in [-0.2, 0) is 6.42 Å². The fourth-order valence-corrected chi connectivity index (χ4v) is 1.52. The van der Waals surface area contributed by atoms with Gasteiger partial charge in [0.1, 0.15) is 0 Å². The van der Waals surface area contributed by atoms with E-state index >= 15 is 0 Å². The molecule has 0 unspecified atom stereocenters. The van der Waals surface area contributed by atoms with Crippen LogP contribution in [0.1, 0.15) is 5.56 Å². The Balaban J connectivity index is 1.96. The Kier molecular flexibility index (Phi) is 4.07. The van der Waals surface area contributed by atoms with E-state index in [2.05, 4.69) is 25.3 Å². The lowest BCUT2D eigenvalue weighted by molar-refractivity contribution is 0.932. The summed E-state index contributed by atoms with van der Waals surface area (Å²) in [4.78, 5) is 18.2. The second-order valence-electron chi connectivity index (χ2n) is 4.25. The zero-order valence-corrected chi connectivity index (χ0v) is 11.0. The smallest absolute Gasteiger partial charge is 0.231 e. The van der Waals surface area contributed by atoms with Crippen molar-refractivity contribution >= 4 is 17.8 Å². The van der Waals surface area contributed by atoms with Crippen molar-refractivity contribution in [3.05, 3.63) is 30.1 Å². The van der Waals surface area contributed by atoms with Crippen LogP contribution in [0.15, 0.2) is 24.5 Å². The summed E-state index contributed by atoms with van der Waals surface area (Å²) in [6.07, 6.45) is 4.44. The molecule has 19 heavy (non-hydrogen) atoms. The van der Waals surface area contributed by atoms with Gasteiger partial charge < -0.3 is 16.0 Å². The molecule has 0 saturated carbocycles. The summed E-state index contributed by atoms with van der Waals surface area (Å²) < 4.78 is 0. The minimum Gasteiger partial charge on any atom is -0.368 e. The van der Waals surface area contributed by atoms with Crippen LogP contribution >= 0.6 is 0 Å². The fraction of sp³-hybridized carbons (Fsp3) is 0.333. The molecule has 0 aliphatic heterocycles. The van der Waals surface area contributed by atoms with Crippen LogP contribution in [0.25, 0.3) is 0 Å². The van der Waals surface area contributed by atoms with E-state index in [1.165, 1.54) is 0 Å². The number of anilines is 3. The van der Waals surface area contributed by atoms with Crippen molar-refractivity contribution < 1.29 is 0 Å². The Labute approximate surface area is 111 Å². The topological polar surface area (TPSA) is 92.9 Å². The predicted octanol–water partition coefficient (Wildman–Crippen LogP) is 0.569. The van der Waals surface area contributed by atoms with E-state index in [1.54, 1.807) is 11.1 Å². The number of aromatic nitrogens is 4. The highest BCUT2D eigenvalue weighted by Crippen LogP contribution is 2.09. The lowest BCUT2D eigenvalue weighted by atomic mass is 10.2. The first-order chi connectivity index (χ1) is 9.15. The van der Waals surface area contributed by atoms with Crippen LogP contribution in [0, 0.1) is 0 Å². The van der Waals surface area contributed by atoms with Gasteiger partial charge in [0.15, 0.2) is 0 Å². The van der Waals surface area contributed by atoms with Gasteiger partial charge >= 0.3 is 0 Å². The summed E-state index contributed by atoms with van der Waals surface area (Å²) in [6, 6.07) is 3.95. The summed E-state index contributed by atoms with van der Waals surface area (Å²) in [5.74, 6) is 1.24. The van der Waals surface area contributed by atoms with Crippen molar-refractivity contribution in [2.75, 3.05) is 36.6 Å². The van der Waals surface area contributed by atoms with Crippen LogP contribution in [0.2, 0.25) is 0 Å². The van der Waals surface area contributed by atoms with Gasteiger partial charge in [-0.2, -0.15) is 15.0 Å². The Morgan fingerprint density at radius 1 is 1.26 bits per heavy atom. The molecule has 7 heteroatoms. The first kappa shape index (κ1) is 13.0. The molecule has 3 N–H and O–H groups in total. The second-order valence-corrected chi connectivity index (χ2v) is 4.25. The molecule has 0 aliphatic rings. The summed E-state index contributed by atoms with van der Waals surface area (Å²) in [5.41, 5.74) is 6.80. The first-order valence-corrected chi connectivity index (χ1v) is 5.97. The van der Waals surface area contributed by atoms with Crippen molar-refractivity contribution in [2.45, 2.75) is 6.42 Å². The molecule has 0 bridgehead atoms. The highest BCUT2D eigenvalue weighted by Gasteiger charge is 2.05. The van der Waals surface area contributed by atoms with Crippen LogP contribution in [0.5, 0.6) is 0 Å². The zero-order valence-electron chi connectivity index (χ0n) is 11.0. The van der Waals surface area contributed by atoms with E-state index in [-0.39, 0.29) is 5.95 Å². The molecule has 7 nitrogen and oxygen atoms in total. The van der Waals surface area contributed by atoms with E-state index in [4.69, 9.17) is 5.73 Å². The van der Waals surface area contributed by atoms with Gasteiger partial charge in [0.2, 0.25) is 17.8 Å². The van der Waals surface area contributed by atoms with Gasteiger partial charge in [-0.15, -0.1) is 0 Å². The Bertz CT molecular complexity index is 527. The number of nitrogens with one attached hydrogen (secondary N) is 1. The van der Waals surface area contributed by atoms with Crippen LogP contribution < -0.4 is 16.0 Å². The van der Waals surface area contributed by atoms with Crippen molar-refractivity contribution in [1.82, 2.24) is 19.9 Å². The van der Waals surface area contributed by atoms with E-state index < -0.39 is 0 Å². The first-order valence-electron chi connectivity index (χ1n) is 5.97. The Hall–Kier alpha value is -2.44. The fourth-order valence-electron chi connectivity index (χ4n) is 1.52. The molecule has 0 radical (unpaired) electrons. The molecule has 0 saturated heterocycles. The highest BCUT2D eigenvalue weighted by atomic mass is 15.3. The van der Waals surface area contributed by atoms with Crippen molar-refractivity contribution in [1.29, 1.82) is 0 Å². The third-order valence-electron chi connectivity index (χ3n) is 2.46. The lowest BCUT2D eigenvalue weighted by Crippen LogP contribution is -2.17. The molecule has 0 aliphatic carbocycles. The molecule has 0 fully saturated rings. The molecule has 100 valence electrons. The largest absolute Gasteiger partial charge is 0.368 e. The maximum atomic E-state index is 5.64. The third-order valence-corrected chi connectivity index (χ3v) is 2.46. The molecular weight excluding hydrogens is 242 g/mol. The van der Waals surface area contributed by atoms with Gasteiger partial charge in [0, 0.05) is 33.0 Å². The summed E-state index contributed by atoms with van der Waals surface area (Å²) in [7, 11) is 3.71. The number of rotatable bonds is 5. The molecule has 2 aromatic rings. The van der Waals surface area contributed by atoms with Gasteiger partial charge in [-0.1, -0.05) is 6.07 Å². The molecule has 2 rings (SSSR count). The van der Waals surface area contributed by atoms with Crippen LogP contribution in [-0.4, -0.2) is 40.6 Å². The zero-order chi connectivity index (χ0) is 13.7. The summed E-state index contributed by atoms with van der Waals surface area (Å²) in [5, 5.41) is 3.13. The molecular formula is C12H17N7. The quantitative estimate of drug-likeness (QED) is 0.810. The molecule has 0 atom stereocenters. The van der Waals surface area contributed by atoms with E-state index in [0.717, 1.165) is 12.0 Å². The van der Waals surface area contributed by atoms with Gasteiger partial charge in [-0.05, 0) is 18.1 Å². The van der Waals surface area contributed by atoms with Crippen LogP contribution in [0.4, 0.5) is 17.8 Å². The number of hydrogen-bond acceptors (Lipinski definition) is 7. The SMILES string of the molecule is CN(C)c1nc(N)nc(NCCc2cccnc2)n1. The number of nitrogen functional groups attached to an aromatic ring is 1. The summed E-state index contributed by atoms with van der Waals surface area (Å²) >= 11 is 0. The van der Waals surface area contributed by atoms with Gasteiger partial charge in [0.05, 0.1) is 0 Å². The molecule has 0 spiro atoms. The van der Waals surface area contributed by atoms with E-state index in [1.807, 2.05) is 32.4 Å². The Morgan fingerprint density at radius 2 is 2.11 bits per heavy atom. The van der Waals surface area contributed by atoms with E-state index in [9.17, 15) is 0 Å². The third kappa shape index (κ3) is 3.77. The average Bonchev–Trinajstić information content (AvgIpc) is 2.39. The minimum atomic E-state index is 0.211. The molecule has 0 aromatic carbocycles. The Morgan fingerprint density at radius 3 is 2.79 bits per heavy atom. The number of hydrogen-bond donors (Lipinski definition) is 2. The second kappa shape index (κ2) is 5.94. The number of nitrogens with zero attached hydrogens (tertiary/aromatic N) is 5. The minimum absolute atomic E-state index is 0.211. The van der Waals surface area contributed by atoms with Crippen molar-refractivity contribution in [2.24, 2.45) is 0 Å². The maximum Gasteiger partial charge on any atom is 0.231 e. The lowest BCUT2D eigenvalue weighted by Gasteiger charge is -2.12. The van der Waals surface area contributed by atoms with E-state index in [0.29, 0.717) is 18.4 Å². The van der Waals surface area contributed by atoms with Crippen molar-refractivity contribution in [3.63, 3.8) is 0 Å². The summed E-state index contributed by atoms with van der Waals surface area (Å²) in [6.45, 7) is 0.710. The average molecular weight is 259 g/mol. The standard InChI is InChI=1S/C12H17N7/c1-19(2)12-17-10(13)16-11(18-12)15-7-5-9-4-3-6-14-8-9/h3-4,6,8H,5,7H2,1-2H3,(H3,13,15,16,17,18). The van der Waals surface area contributed by atoms with Crippen LogP contribution in [0.3, 0.4) is 0 Å². The molecule has 0 amide bonds. The number of pyridine rings is 1. The van der Waals surface area contributed by atoms with Crippen molar-refractivity contribution in [3.8, 4) is 0 Å². The van der Waals surface area contributed by atoms with Gasteiger partial charge in [0.25, 0.3) is 0 Å². The molecule has 2 aromatic heterocycles. The highest BCUT2D eigenvalue weighted by molar-refractivity contribution is 5.40. The normalized spacial score (nSPS) is 10.2. The van der Waals surface area contributed by atoms with Gasteiger partial charge in [-0.25, -0.2) is 0 Å². The predicted molar refractivity (Wildman–Crippen MR) is 75.0 cm³/mol.